The summed E-state index contributed by atoms with van der Waals surface area (Å²) in [5, 5.41) is 16.1. The van der Waals surface area contributed by atoms with Crippen molar-refractivity contribution in [2.75, 3.05) is 38.2 Å². The van der Waals surface area contributed by atoms with E-state index in [2.05, 4.69) is 10.00 Å². The number of hydrogen-bond donors (Lipinski definition) is 0. The van der Waals surface area contributed by atoms with Crippen molar-refractivity contribution < 1.29 is 14.5 Å². The summed E-state index contributed by atoms with van der Waals surface area (Å²) in [5.41, 5.74) is 4.42. The molecule has 1 saturated heterocycles. The van der Waals surface area contributed by atoms with E-state index >= 15 is 0 Å². The van der Waals surface area contributed by atoms with Crippen molar-refractivity contribution in [3.8, 4) is 11.4 Å². The van der Waals surface area contributed by atoms with Crippen LogP contribution in [0.4, 0.5) is 11.4 Å². The Balaban J connectivity index is 1.55. The summed E-state index contributed by atoms with van der Waals surface area (Å²) in [5.74, 6) is 0.553. The van der Waals surface area contributed by atoms with E-state index in [1.165, 1.54) is 6.07 Å². The molecule has 0 radical (unpaired) electrons. The van der Waals surface area contributed by atoms with Gasteiger partial charge in [-0.1, -0.05) is 12.1 Å². The SMILES string of the molecule is COc1c(C)cccc1C(=O)N1CCN(c2ccc([N+](=O)[O-])c(-n3nc(C)cc3C)c2)CC1. The second kappa shape index (κ2) is 8.93. The van der Waals surface area contributed by atoms with Crippen LogP contribution < -0.4 is 9.64 Å². The van der Waals surface area contributed by atoms with Gasteiger partial charge in [-0.3, -0.25) is 14.9 Å². The van der Waals surface area contributed by atoms with Crippen LogP contribution in [0.2, 0.25) is 0 Å². The summed E-state index contributed by atoms with van der Waals surface area (Å²) < 4.78 is 7.07. The molecule has 0 aliphatic carbocycles. The molecular weight excluding hydrogens is 422 g/mol. The molecule has 1 aliphatic rings. The second-order valence-corrected chi connectivity index (χ2v) is 8.20. The van der Waals surface area contributed by atoms with Gasteiger partial charge in [0, 0.05) is 43.6 Å². The number of nitro benzene ring substituents is 1. The lowest BCUT2D eigenvalue weighted by Gasteiger charge is -2.36. The molecule has 1 amide bonds. The molecular formula is C24H27N5O4. The Bertz CT molecular complexity index is 1210. The number of ether oxygens (including phenoxy) is 1. The molecule has 0 bridgehead atoms. The van der Waals surface area contributed by atoms with Crippen LogP contribution >= 0.6 is 0 Å². The van der Waals surface area contributed by atoms with Crippen molar-refractivity contribution in [1.82, 2.24) is 14.7 Å². The van der Waals surface area contributed by atoms with Gasteiger partial charge in [0.2, 0.25) is 0 Å². The quantitative estimate of drug-likeness (QED) is 0.436. The van der Waals surface area contributed by atoms with E-state index in [0.717, 1.165) is 22.6 Å². The fraction of sp³-hybridized carbons (Fsp3) is 0.333. The Morgan fingerprint density at radius 2 is 1.79 bits per heavy atom. The molecule has 172 valence electrons. The maximum absolute atomic E-state index is 13.1. The summed E-state index contributed by atoms with van der Waals surface area (Å²) in [6.07, 6.45) is 0. The number of methoxy groups -OCH3 is 1. The number of amides is 1. The van der Waals surface area contributed by atoms with Crippen LogP contribution in [0, 0.1) is 30.9 Å². The topological polar surface area (TPSA) is 93.7 Å². The number of nitrogens with zero attached hydrogens (tertiary/aromatic N) is 5. The highest BCUT2D eigenvalue weighted by molar-refractivity contribution is 5.97. The van der Waals surface area contributed by atoms with Gasteiger partial charge < -0.3 is 14.5 Å². The molecule has 4 rings (SSSR count). The van der Waals surface area contributed by atoms with Crippen LogP contribution in [0.25, 0.3) is 5.69 Å². The van der Waals surface area contributed by atoms with E-state index in [4.69, 9.17) is 4.74 Å². The molecule has 33 heavy (non-hydrogen) atoms. The lowest BCUT2D eigenvalue weighted by atomic mass is 10.1. The van der Waals surface area contributed by atoms with Crippen LogP contribution in [0.3, 0.4) is 0 Å². The number of rotatable bonds is 5. The van der Waals surface area contributed by atoms with Crippen LogP contribution in [0.1, 0.15) is 27.3 Å². The average molecular weight is 450 g/mol. The third kappa shape index (κ3) is 4.26. The molecule has 1 aromatic heterocycles. The Kier molecular flexibility index (Phi) is 6.04. The van der Waals surface area contributed by atoms with E-state index in [1.54, 1.807) is 30.0 Å². The second-order valence-electron chi connectivity index (χ2n) is 8.20. The van der Waals surface area contributed by atoms with Gasteiger partial charge in [-0.15, -0.1) is 0 Å². The predicted molar refractivity (Wildman–Crippen MR) is 126 cm³/mol. The monoisotopic (exact) mass is 449 g/mol. The van der Waals surface area contributed by atoms with Crippen molar-refractivity contribution >= 4 is 17.3 Å². The summed E-state index contributed by atoms with van der Waals surface area (Å²) in [4.78, 5) is 28.3. The zero-order valence-corrected chi connectivity index (χ0v) is 19.2. The fourth-order valence-corrected chi connectivity index (χ4v) is 4.34. The third-order valence-electron chi connectivity index (χ3n) is 5.97. The first kappa shape index (κ1) is 22.3. The molecule has 9 heteroatoms. The number of carbonyl (C=O) groups is 1. The van der Waals surface area contributed by atoms with Gasteiger partial charge in [-0.2, -0.15) is 5.10 Å². The zero-order chi connectivity index (χ0) is 23.7. The molecule has 3 aromatic rings. The van der Waals surface area contributed by atoms with Gasteiger partial charge in [0.1, 0.15) is 11.4 Å². The predicted octanol–water partition coefficient (Wildman–Crippen LogP) is 3.68. The normalized spacial score (nSPS) is 13.8. The Morgan fingerprint density at radius 3 is 2.39 bits per heavy atom. The minimum atomic E-state index is -0.387. The standard InChI is InChI=1S/C24H27N5O4/c1-16-6-5-7-20(23(16)33-4)24(30)27-12-10-26(11-13-27)19-8-9-21(29(31)32)22(15-19)28-18(3)14-17(2)25-28/h5-9,14-15H,10-13H2,1-4H3. The Hall–Kier alpha value is -3.88. The number of nitro groups is 1. The maximum atomic E-state index is 13.1. The molecule has 0 spiro atoms. The lowest BCUT2D eigenvalue weighted by Crippen LogP contribution is -2.48. The molecule has 2 aromatic carbocycles. The van der Waals surface area contributed by atoms with Gasteiger partial charge in [-0.05, 0) is 50.6 Å². The number of piperazine rings is 1. The van der Waals surface area contributed by atoms with E-state index in [9.17, 15) is 14.9 Å². The number of para-hydroxylation sites is 1. The highest BCUT2D eigenvalue weighted by Gasteiger charge is 2.26. The van der Waals surface area contributed by atoms with Gasteiger partial charge in [0.05, 0.1) is 23.3 Å². The van der Waals surface area contributed by atoms with Crippen LogP contribution in [-0.4, -0.2) is 58.8 Å². The summed E-state index contributed by atoms with van der Waals surface area (Å²) >= 11 is 0. The van der Waals surface area contributed by atoms with Crippen LogP contribution in [0.15, 0.2) is 42.5 Å². The van der Waals surface area contributed by atoms with Crippen molar-refractivity contribution in [2.24, 2.45) is 0 Å². The van der Waals surface area contributed by atoms with Gasteiger partial charge in [0.15, 0.2) is 0 Å². The number of aryl methyl sites for hydroxylation is 3. The van der Waals surface area contributed by atoms with Crippen LogP contribution in [-0.2, 0) is 0 Å². The first-order valence-electron chi connectivity index (χ1n) is 10.8. The number of carbonyl (C=O) groups excluding carboxylic acids is 1. The maximum Gasteiger partial charge on any atom is 0.295 e. The smallest absolute Gasteiger partial charge is 0.295 e. The molecule has 0 unspecified atom stereocenters. The van der Waals surface area contributed by atoms with E-state index in [0.29, 0.717) is 43.2 Å². The molecule has 1 fully saturated rings. The van der Waals surface area contributed by atoms with Crippen molar-refractivity contribution in [3.05, 3.63) is 75.1 Å². The molecule has 0 saturated carbocycles. The number of benzene rings is 2. The highest BCUT2D eigenvalue weighted by Crippen LogP contribution is 2.30. The zero-order valence-electron chi connectivity index (χ0n) is 19.2. The van der Waals surface area contributed by atoms with E-state index in [1.807, 2.05) is 43.9 Å². The van der Waals surface area contributed by atoms with Gasteiger partial charge >= 0.3 is 0 Å². The van der Waals surface area contributed by atoms with E-state index < -0.39 is 0 Å². The van der Waals surface area contributed by atoms with Crippen molar-refractivity contribution in [1.29, 1.82) is 0 Å². The molecule has 1 aliphatic heterocycles. The molecule has 0 N–H and O–H groups in total. The van der Waals surface area contributed by atoms with Crippen molar-refractivity contribution in [3.63, 3.8) is 0 Å². The molecule has 0 atom stereocenters. The van der Waals surface area contributed by atoms with Crippen molar-refractivity contribution in [2.45, 2.75) is 20.8 Å². The lowest BCUT2D eigenvalue weighted by molar-refractivity contribution is -0.384. The molecule has 9 nitrogen and oxygen atoms in total. The summed E-state index contributed by atoms with van der Waals surface area (Å²) in [6.45, 7) is 7.98. The minimum absolute atomic E-state index is 0.00491. The first-order chi connectivity index (χ1) is 15.8. The number of hydrogen-bond acceptors (Lipinski definition) is 6. The fourth-order valence-electron chi connectivity index (χ4n) is 4.34. The largest absolute Gasteiger partial charge is 0.496 e. The Labute approximate surface area is 192 Å². The summed E-state index contributed by atoms with van der Waals surface area (Å²) in [6, 6.07) is 12.5. The number of anilines is 1. The minimum Gasteiger partial charge on any atom is -0.496 e. The van der Waals surface area contributed by atoms with E-state index in [-0.39, 0.29) is 16.5 Å². The third-order valence-corrected chi connectivity index (χ3v) is 5.97. The summed E-state index contributed by atoms with van der Waals surface area (Å²) in [7, 11) is 1.58. The van der Waals surface area contributed by atoms with Gasteiger partial charge in [-0.25, -0.2) is 4.68 Å². The van der Waals surface area contributed by atoms with Crippen LogP contribution in [0.5, 0.6) is 5.75 Å². The molecule has 2 heterocycles. The van der Waals surface area contributed by atoms with Gasteiger partial charge in [0.25, 0.3) is 11.6 Å². The highest BCUT2D eigenvalue weighted by atomic mass is 16.6. The average Bonchev–Trinajstić information content (AvgIpc) is 3.15. The number of aromatic nitrogens is 2. The first-order valence-corrected chi connectivity index (χ1v) is 10.8. The Morgan fingerprint density at radius 1 is 1.06 bits per heavy atom.